The summed E-state index contributed by atoms with van der Waals surface area (Å²) >= 11 is 0. The minimum atomic E-state index is -0.735. The van der Waals surface area contributed by atoms with Crippen molar-refractivity contribution in [3.63, 3.8) is 0 Å². The Morgan fingerprint density at radius 3 is 2.83 bits per heavy atom. The predicted molar refractivity (Wildman–Crippen MR) is 86.2 cm³/mol. The van der Waals surface area contributed by atoms with E-state index in [1.807, 2.05) is 24.3 Å². The summed E-state index contributed by atoms with van der Waals surface area (Å²) in [4.78, 5) is 26.7. The highest BCUT2D eigenvalue weighted by Crippen LogP contribution is 2.21. The molecule has 0 bridgehead atoms. The zero-order chi connectivity index (χ0) is 17.3. The monoisotopic (exact) mass is 328 g/mol. The smallest absolute Gasteiger partial charge is 0.271 e. The third kappa shape index (κ3) is 2.94. The second kappa shape index (κ2) is 6.07. The summed E-state index contributed by atoms with van der Waals surface area (Å²) in [5.74, 6) is -0.590. The van der Waals surface area contributed by atoms with Crippen LogP contribution in [0.2, 0.25) is 0 Å². The van der Waals surface area contributed by atoms with E-state index in [4.69, 9.17) is 0 Å². The summed E-state index contributed by atoms with van der Waals surface area (Å²) in [6, 6.07) is 10.3. The van der Waals surface area contributed by atoms with Gasteiger partial charge in [-0.05, 0) is 25.1 Å². The van der Waals surface area contributed by atoms with Gasteiger partial charge >= 0.3 is 0 Å². The third-order valence-corrected chi connectivity index (χ3v) is 3.58. The molecule has 1 heterocycles. The van der Waals surface area contributed by atoms with E-state index in [1.165, 1.54) is 0 Å². The van der Waals surface area contributed by atoms with Crippen molar-refractivity contribution < 1.29 is 14.1 Å². The first-order chi connectivity index (χ1) is 11.5. The van der Waals surface area contributed by atoms with Crippen LogP contribution in [0.3, 0.4) is 0 Å². The molecule has 0 aliphatic heterocycles. The second-order valence-electron chi connectivity index (χ2n) is 5.20. The normalized spacial score (nSPS) is 10.8. The number of nitro benzene ring substituents is 1. The number of hydrogen-bond acceptors (Lipinski definition) is 4. The molecule has 1 amide bonds. The molecule has 0 saturated carbocycles. The maximum absolute atomic E-state index is 13.7. The number of aromatic nitrogens is 2. The van der Waals surface area contributed by atoms with Crippen molar-refractivity contribution in [1.82, 2.24) is 9.55 Å². The quantitative estimate of drug-likeness (QED) is 0.589. The van der Waals surface area contributed by atoms with Crippen molar-refractivity contribution in [2.75, 3.05) is 5.32 Å². The van der Waals surface area contributed by atoms with Gasteiger partial charge in [-0.25, -0.2) is 9.37 Å². The summed E-state index contributed by atoms with van der Waals surface area (Å²) in [5, 5.41) is 13.1. The fraction of sp³-hybridized carbons (Fsp3) is 0.125. The highest BCUT2D eigenvalue weighted by molar-refractivity contribution is 5.92. The van der Waals surface area contributed by atoms with Crippen LogP contribution in [-0.4, -0.2) is 20.4 Å². The number of rotatable bonds is 4. The molecule has 1 aromatic heterocycles. The maximum Gasteiger partial charge on any atom is 0.271 e. The molecule has 0 spiro atoms. The largest absolute Gasteiger partial charge is 0.322 e. The van der Waals surface area contributed by atoms with Crippen molar-refractivity contribution in [2.24, 2.45) is 0 Å². The van der Waals surface area contributed by atoms with Crippen LogP contribution >= 0.6 is 0 Å². The number of carbonyl (C=O) groups excluding carboxylic acids is 1. The van der Waals surface area contributed by atoms with Crippen LogP contribution in [0.4, 0.5) is 15.8 Å². The number of halogens is 1. The zero-order valence-corrected chi connectivity index (χ0v) is 12.7. The van der Waals surface area contributed by atoms with E-state index in [0.717, 1.165) is 29.2 Å². The summed E-state index contributed by atoms with van der Waals surface area (Å²) in [6.07, 6.45) is 0. The van der Waals surface area contributed by atoms with E-state index in [-0.39, 0.29) is 17.9 Å². The van der Waals surface area contributed by atoms with Crippen LogP contribution in [0, 0.1) is 22.9 Å². The summed E-state index contributed by atoms with van der Waals surface area (Å²) in [7, 11) is 0. The number of amides is 1. The summed E-state index contributed by atoms with van der Waals surface area (Å²) in [5.41, 5.74) is 1.02. The lowest BCUT2D eigenvalue weighted by Gasteiger charge is -2.09. The number of non-ortho nitro benzene ring substituents is 1. The second-order valence-corrected chi connectivity index (χ2v) is 5.20. The number of imidazole rings is 1. The Morgan fingerprint density at radius 2 is 2.08 bits per heavy atom. The molecule has 3 aromatic rings. The molecule has 1 N–H and O–H groups in total. The summed E-state index contributed by atoms with van der Waals surface area (Å²) in [6.45, 7) is 1.69. The Bertz CT molecular complexity index is 952. The third-order valence-electron chi connectivity index (χ3n) is 3.58. The van der Waals surface area contributed by atoms with E-state index in [9.17, 15) is 19.3 Å². The van der Waals surface area contributed by atoms with Crippen molar-refractivity contribution in [3.8, 4) is 0 Å². The highest BCUT2D eigenvalue weighted by Gasteiger charge is 2.15. The van der Waals surface area contributed by atoms with Gasteiger partial charge in [0.05, 0.1) is 21.6 Å². The molecule has 0 radical (unpaired) electrons. The van der Waals surface area contributed by atoms with Crippen LogP contribution in [-0.2, 0) is 11.3 Å². The number of nitrogens with one attached hydrogen (secondary N) is 1. The maximum atomic E-state index is 13.7. The standard InChI is InChI=1S/C16H13FN4O3/c1-10-18-13-4-2-3-5-15(13)20(10)9-16(22)19-14-8-11(21(23)24)6-7-12(14)17/h2-8H,9H2,1H3,(H,19,22). The molecule has 7 nitrogen and oxygen atoms in total. The fourth-order valence-electron chi connectivity index (χ4n) is 2.45. The Hall–Kier alpha value is -3.29. The minimum Gasteiger partial charge on any atom is -0.322 e. The van der Waals surface area contributed by atoms with Crippen molar-refractivity contribution in [2.45, 2.75) is 13.5 Å². The van der Waals surface area contributed by atoms with Crippen LogP contribution in [0.1, 0.15) is 5.82 Å². The van der Waals surface area contributed by atoms with Crippen LogP contribution in [0.25, 0.3) is 11.0 Å². The van der Waals surface area contributed by atoms with Gasteiger partial charge in [0.25, 0.3) is 5.69 Å². The van der Waals surface area contributed by atoms with Gasteiger partial charge in [0.2, 0.25) is 5.91 Å². The first kappa shape index (κ1) is 15.6. The number of nitro groups is 1. The van der Waals surface area contributed by atoms with Gasteiger partial charge in [0.15, 0.2) is 0 Å². The molecule has 8 heteroatoms. The average Bonchev–Trinajstić information content (AvgIpc) is 2.85. The molecule has 0 fully saturated rings. The zero-order valence-electron chi connectivity index (χ0n) is 12.7. The van der Waals surface area contributed by atoms with Crippen LogP contribution in [0.5, 0.6) is 0 Å². The number of aryl methyl sites for hydroxylation is 1. The number of hydrogen-bond donors (Lipinski definition) is 1. The fourth-order valence-corrected chi connectivity index (χ4v) is 2.45. The molecule has 0 aliphatic carbocycles. The van der Waals surface area contributed by atoms with E-state index in [1.54, 1.807) is 11.5 Å². The predicted octanol–water partition coefficient (Wildman–Crippen LogP) is 3.03. The summed E-state index contributed by atoms with van der Waals surface area (Å²) < 4.78 is 15.4. The SMILES string of the molecule is Cc1nc2ccccc2n1CC(=O)Nc1cc([N+](=O)[O-])ccc1F. The van der Waals surface area contributed by atoms with Crippen molar-refractivity contribution >= 4 is 28.3 Å². The lowest BCUT2D eigenvalue weighted by molar-refractivity contribution is -0.384. The van der Waals surface area contributed by atoms with E-state index in [2.05, 4.69) is 10.3 Å². The van der Waals surface area contributed by atoms with E-state index >= 15 is 0 Å². The number of anilines is 1. The Balaban J connectivity index is 1.84. The first-order valence-corrected chi connectivity index (χ1v) is 7.11. The van der Waals surface area contributed by atoms with Crippen LogP contribution < -0.4 is 5.32 Å². The van der Waals surface area contributed by atoms with Gasteiger partial charge < -0.3 is 9.88 Å². The minimum absolute atomic E-state index is 0.0749. The van der Waals surface area contributed by atoms with Gasteiger partial charge in [-0.2, -0.15) is 0 Å². The molecule has 3 rings (SSSR count). The number of fused-ring (bicyclic) bond motifs is 1. The van der Waals surface area contributed by atoms with Gasteiger partial charge in [-0.1, -0.05) is 12.1 Å². The van der Waals surface area contributed by atoms with Crippen molar-refractivity contribution in [1.29, 1.82) is 0 Å². The highest BCUT2D eigenvalue weighted by atomic mass is 19.1. The lowest BCUT2D eigenvalue weighted by Crippen LogP contribution is -2.20. The molecule has 0 unspecified atom stereocenters. The molecule has 0 saturated heterocycles. The Morgan fingerprint density at radius 1 is 1.33 bits per heavy atom. The number of benzene rings is 2. The average molecular weight is 328 g/mol. The number of nitrogens with zero attached hydrogens (tertiary/aromatic N) is 3. The molecule has 122 valence electrons. The van der Waals surface area contributed by atoms with Gasteiger partial charge in [0.1, 0.15) is 18.2 Å². The first-order valence-electron chi connectivity index (χ1n) is 7.11. The van der Waals surface area contributed by atoms with Gasteiger partial charge in [0, 0.05) is 12.1 Å². The molecule has 0 aliphatic rings. The molecule has 0 atom stereocenters. The molecule has 24 heavy (non-hydrogen) atoms. The number of carbonyl (C=O) groups is 1. The topological polar surface area (TPSA) is 90.1 Å². The Kier molecular flexibility index (Phi) is 3.95. The lowest BCUT2D eigenvalue weighted by atomic mass is 10.2. The Labute approximate surface area is 135 Å². The molecular weight excluding hydrogens is 315 g/mol. The van der Waals surface area contributed by atoms with Gasteiger partial charge in [-0.15, -0.1) is 0 Å². The van der Waals surface area contributed by atoms with E-state index in [0.29, 0.717) is 5.82 Å². The molecular formula is C16H13FN4O3. The van der Waals surface area contributed by atoms with Gasteiger partial charge in [-0.3, -0.25) is 14.9 Å². The van der Waals surface area contributed by atoms with E-state index < -0.39 is 16.6 Å². The number of para-hydroxylation sites is 2. The molecule has 2 aromatic carbocycles. The van der Waals surface area contributed by atoms with Crippen molar-refractivity contribution in [3.05, 3.63) is 64.2 Å². The van der Waals surface area contributed by atoms with Crippen LogP contribution in [0.15, 0.2) is 42.5 Å².